The second-order valence-corrected chi connectivity index (χ2v) is 6.48. The molecule has 134 valence electrons. The lowest BCUT2D eigenvalue weighted by Crippen LogP contribution is -2.09. The van der Waals surface area contributed by atoms with E-state index in [0.717, 1.165) is 41.1 Å². The molecule has 0 aliphatic rings. The molecule has 27 heavy (non-hydrogen) atoms. The highest BCUT2D eigenvalue weighted by molar-refractivity contribution is 5.76. The van der Waals surface area contributed by atoms with Crippen LogP contribution in [0.25, 0.3) is 11.0 Å². The number of fused-ring (bicyclic) bond motifs is 1. The molecule has 0 radical (unpaired) electrons. The fourth-order valence-corrected chi connectivity index (χ4v) is 3.29. The molecule has 0 N–H and O–H groups in total. The molecule has 4 rings (SSSR count). The third-order valence-electron chi connectivity index (χ3n) is 4.61. The number of hydrogen-bond acceptors (Lipinski definition) is 2. The number of nitrogens with zero attached hydrogens (tertiary/aromatic N) is 2. The van der Waals surface area contributed by atoms with E-state index >= 15 is 0 Å². The van der Waals surface area contributed by atoms with Gasteiger partial charge < -0.3 is 9.30 Å². The largest absolute Gasteiger partial charge is 0.485 e. The van der Waals surface area contributed by atoms with Gasteiger partial charge >= 0.3 is 0 Å². The first-order chi connectivity index (χ1) is 13.3. The molecule has 1 aromatic heterocycles. The fraction of sp³-hybridized carbons (Fsp3) is 0.125. The van der Waals surface area contributed by atoms with E-state index in [9.17, 15) is 0 Å². The van der Waals surface area contributed by atoms with Crippen molar-refractivity contribution >= 4 is 11.0 Å². The minimum absolute atomic E-state index is 0.426. The monoisotopic (exact) mass is 354 g/mol. The highest BCUT2D eigenvalue weighted by Crippen LogP contribution is 2.22. The van der Waals surface area contributed by atoms with Crippen LogP contribution in [0.2, 0.25) is 0 Å². The minimum atomic E-state index is 0.426. The highest BCUT2D eigenvalue weighted by Gasteiger charge is 2.12. The summed E-state index contributed by atoms with van der Waals surface area (Å²) < 4.78 is 8.39. The van der Waals surface area contributed by atoms with E-state index in [1.54, 1.807) is 0 Å². The van der Waals surface area contributed by atoms with Gasteiger partial charge in [-0.25, -0.2) is 4.98 Å². The van der Waals surface area contributed by atoms with Crippen molar-refractivity contribution in [3.05, 3.63) is 108 Å². The normalized spacial score (nSPS) is 10.8. The number of aromatic nitrogens is 2. The molecule has 0 bridgehead atoms. The summed E-state index contributed by atoms with van der Waals surface area (Å²) in [6, 6.07) is 26.8. The van der Waals surface area contributed by atoms with E-state index in [-0.39, 0.29) is 0 Å². The van der Waals surface area contributed by atoms with E-state index in [0.29, 0.717) is 6.61 Å². The van der Waals surface area contributed by atoms with Gasteiger partial charge in [-0.1, -0.05) is 66.7 Å². The lowest BCUT2D eigenvalue weighted by atomic mass is 10.1. The van der Waals surface area contributed by atoms with Crippen LogP contribution in [-0.4, -0.2) is 9.55 Å². The molecule has 1 heterocycles. The van der Waals surface area contributed by atoms with Crippen LogP contribution >= 0.6 is 0 Å². The van der Waals surface area contributed by atoms with E-state index < -0.39 is 0 Å². The average molecular weight is 354 g/mol. The van der Waals surface area contributed by atoms with Gasteiger partial charge in [0.25, 0.3) is 0 Å². The highest BCUT2D eigenvalue weighted by atomic mass is 16.5. The number of imidazole rings is 1. The Kier molecular flexibility index (Phi) is 5.01. The number of rotatable bonds is 7. The molecule has 0 aliphatic heterocycles. The predicted octanol–water partition coefficient (Wildman–Crippen LogP) is 5.39. The van der Waals surface area contributed by atoms with Crippen LogP contribution in [0.1, 0.15) is 17.0 Å². The second kappa shape index (κ2) is 7.92. The van der Waals surface area contributed by atoms with E-state index in [1.165, 1.54) is 5.56 Å². The zero-order valence-electron chi connectivity index (χ0n) is 15.2. The molecule has 0 fully saturated rings. The lowest BCUT2D eigenvalue weighted by molar-refractivity contribution is 0.289. The molecule has 0 saturated heterocycles. The van der Waals surface area contributed by atoms with Gasteiger partial charge in [0.15, 0.2) is 0 Å². The van der Waals surface area contributed by atoms with Crippen molar-refractivity contribution in [1.29, 1.82) is 0 Å². The Morgan fingerprint density at radius 1 is 0.889 bits per heavy atom. The summed E-state index contributed by atoms with van der Waals surface area (Å²) in [5.74, 6) is 1.81. The maximum atomic E-state index is 6.15. The molecule has 0 spiro atoms. The van der Waals surface area contributed by atoms with Crippen LogP contribution < -0.4 is 4.74 Å². The number of hydrogen-bond donors (Lipinski definition) is 0. The number of ether oxygens (including phenoxy) is 1. The smallest absolute Gasteiger partial charge is 0.148 e. The first-order valence-electron chi connectivity index (χ1n) is 9.15. The van der Waals surface area contributed by atoms with Crippen molar-refractivity contribution < 1.29 is 4.74 Å². The van der Waals surface area contributed by atoms with Crippen molar-refractivity contribution in [2.75, 3.05) is 0 Å². The van der Waals surface area contributed by atoms with E-state index in [1.807, 2.05) is 42.5 Å². The van der Waals surface area contributed by atoms with Gasteiger partial charge in [-0.15, -0.1) is 6.58 Å². The van der Waals surface area contributed by atoms with Crippen LogP contribution in [-0.2, 0) is 19.6 Å². The Morgan fingerprint density at radius 2 is 1.63 bits per heavy atom. The van der Waals surface area contributed by atoms with Gasteiger partial charge in [0.2, 0.25) is 0 Å². The Morgan fingerprint density at radius 3 is 2.48 bits per heavy atom. The van der Waals surface area contributed by atoms with Gasteiger partial charge in [-0.3, -0.25) is 0 Å². The lowest BCUT2D eigenvalue weighted by Gasteiger charge is -2.12. The third kappa shape index (κ3) is 3.77. The molecular weight excluding hydrogens is 332 g/mol. The van der Waals surface area contributed by atoms with Crippen LogP contribution in [0.15, 0.2) is 91.5 Å². The quantitative estimate of drug-likeness (QED) is 0.416. The molecule has 0 amide bonds. The van der Waals surface area contributed by atoms with Gasteiger partial charge in [0.05, 0.1) is 11.0 Å². The first-order valence-corrected chi connectivity index (χ1v) is 9.15. The summed E-state index contributed by atoms with van der Waals surface area (Å²) in [6.45, 7) is 5.03. The van der Waals surface area contributed by atoms with E-state index in [4.69, 9.17) is 9.72 Å². The van der Waals surface area contributed by atoms with Crippen molar-refractivity contribution in [3.8, 4) is 5.75 Å². The maximum Gasteiger partial charge on any atom is 0.148 e. The SMILES string of the molecule is C=CCc1ccccc1OCc1nc2ccccc2n1Cc1ccccc1. The molecule has 0 unspecified atom stereocenters. The summed E-state index contributed by atoms with van der Waals surface area (Å²) >= 11 is 0. The van der Waals surface area contributed by atoms with Crippen LogP contribution in [0.4, 0.5) is 0 Å². The molecule has 3 aromatic carbocycles. The van der Waals surface area contributed by atoms with Gasteiger partial charge in [0, 0.05) is 6.54 Å². The summed E-state index contributed by atoms with van der Waals surface area (Å²) in [7, 11) is 0. The van der Waals surface area contributed by atoms with E-state index in [2.05, 4.69) is 53.6 Å². The van der Waals surface area contributed by atoms with Crippen molar-refractivity contribution in [2.24, 2.45) is 0 Å². The molecule has 0 saturated carbocycles. The fourth-order valence-electron chi connectivity index (χ4n) is 3.29. The Labute approximate surface area is 159 Å². The van der Waals surface area contributed by atoms with Crippen molar-refractivity contribution in [2.45, 2.75) is 19.6 Å². The Balaban J connectivity index is 1.65. The summed E-state index contributed by atoms with van der Waals surface area (Å²) in [5.41, 5.74) is 4.50. The van der Waals surface area contributed by atoms with Crippen molar-refractivity contribution in [1.82, 2.24) is 9.55 Å². The minimum Gasteiger partial charge on any atom is -0.485 e. The third-order valence-corrected chi connectivity index (χ3v) is 4.61. The molecule has 4 aromatic rings. The maximum absolute atomic E-state index is 6.15. The summed E-state index contributed by atoms with van der Waals surface area (Å²) in [5, 5.41) is 0. The summed E-state index contributed by atoms with van der Waals surface area (Å²) in [4.78, 5) is 4.82. The van der Waals surface area contributed by atoms with Crippen LogP contribution in [0, 0.1) is 0 Å². The standard InChI is InChI=1S/C24H22N2O/c1-2-10-20-13-6-9-16-23(20)27-18-24-25-21-14-7-8-15-22(21)26(24)17-19-11-4-3-5-12-19/h2-9,11-16H,1,10,17-18H2. The Hall–Kier alpha value is -3.33. The molecule has 3 heteroatoms. The zero-order chi connectivity index (χ0) is 18.5. The van der Waals surface area contributed by atoms with Gasteiger partial charge in [-0.05, 0) is 35.7 Å². The topological polar surface area (TPSA) is 27.1 Å². The molecule has 0 atom stereocenters. The Bertz CT molecular complexity index is 1050. The van der Waals surface area contributed by atoms with Crippen LogP contribution in [0.3, 0.4) is 0 Å². The molecule has 0 aliphatic carbocycles. The van der Waals surface area contributed by atoms with Crippen LogP contribution in [0.5, 0.6) is 5.75 Å². The van der Waals surface area contributed by atoms with Gasteiger partial charge in [-0.2, -0.15) is 0 Å². The molecular formula is C24H22N2O. The average Bonchev–Trinajstić information content (AvgIpc) is 3.06. The number of allylic oxidation sites excluding steroid dienone is 1. The second-order valence-electron chi connectivity index (χ2n) is 6.48. The van der Waals surface area contributed by atoms with Gasteiger partial charge in [0.1, 0.15) is 18.2 Å². The zero-order valence-corrected chi connectivity index (χ0v) is 15.2. The summed E-state index contributed by atoms with van der Waals surface area (Å²) in [6.07, 6.45) is 2.68. The first kappa shape index (κ1) is 17.1. The predicted molar refractivity (Wildman–Crippen MR) is 110 cm³/mol. The number of para-hydroxylation sites is 3. The van der Waals surface area contributed by atoms with Crippen molar-refractivity contribution in [3.63, 3.8) is 0 Å². The molecule has 3 nitrogen and oxygen atoms in total. The number of benzene rings is 3.